The Hall–Kier alpha value is -2.04. The first-order valence-corrected chi connectivity index (χ1v) is 6.57. The van der Waals surface area contributed by atoms with Crippen LogP contribution in [0.25, 0.3) is 0 Å². The van der Waals surface area contributed by atoms with Gasteiger partial charge in [-0.2, -0.15) is 0 Å². The first kappa shape index (κ1) is 13.4. The molecule has 0 aromatic carbocycles. The molecular formula is C14H20N4O. The second kappa shape index (κ2) is 6.22. The van der Waals surface area contributed by atoms with Crippen molar-refractivity contribution in [3.8, 4) is 0 Å². The molecule has 0 atom stereocenters. The van der Waals surface area contributed by atoms with Gasteiger partial charge in [0.25, 0.3) is 0 Å². The molecule has 0 amide bonds. The lowest BCUT2D eigenvalue weighted by Gasteiger charge is -2.11. The minimum absolute atomic E-state index is 0.299. The Morgan fingerprint density at radius 1 is 1.21 bits per heavy atom. The lowest BCUT2D eigenvalue weighted by Crippen LogP contribution is -2.08. The van der Waals surface area contributed by atoms with Crippen molar-refractivity contribution >= 4 is 11.6 Å². The van der Waals surface area contributed by atoms with Crippen LogP contribution in [0.15, 0.2) is 29.1 Å². The molecular weight excluding hydrogens is 240 g/mol. The minimum atomic E-state index is 0.299. The van der Waals surface area contributed by atoms with Gasteiger partial charge in [-0.1, -0.05) is 13.8 Å². The molecule has 0 aliphatic rings. The van der Waals surface area contributed by atoms with Crippen LogP contribution in [0.1, 0.15) is 38.1 Å². The van der Waals surface area contributed by atoms with Gasteiger partial charge in [0.2, 0.25) is 0 Å². The SMILES string of the molecule is CCNc1cc(NCc2ccoc2)nc(C(C)C)n1. The summed E-state index contributed by atoms with van der Waals surface area (Å²) in [6, 6.07) is 3.86. The quantitative estimate of drug-likeness (QED) is 0.834. The van der Waals surface area contributed by atoms with Gasteiger partial charge in [0.1, 0.15) is 17.5 Å². The van der Waals surface area contributed by atoms with E-state index in [0.717, 1.165) is 29.6 Å². The fourth-order valence-electron chi connectivity index (χ4n) is 1.67. The highest BCUT2D eigenvalue weighted by Crippen LogP contribution is 2.17. The van der Waals surface area contributed by atoms with Gasteiger partial charge < -0.3 is 15.1 Å². The van der Waals surface area contributed by atoms with Crippen LogP contribution >= 0.6 is 0 Å². The summed E-state index contributed by atoms with van der Waals surface area (Å²) in [5.41, 5.74) is 1.09. The molecule has 2 rings (SSSR count). The number of anilines is 2. The fourth-order valence-corrected chi connectivity index (χ4v) is 1.67. The van der Waals surface area contributed by atoms with Crippen molar-refractivity contribution in [2.75, 3.05) is 17.2 Å². The summed E-state index contributed by atoms with van der Waals surface area (Å²) >= 11 is 0. The molecule has 2 N–H and O–H groups in total. The lowest BCUT2D eigenvalue weighted by molar-refractivity contribution is 0.564. The molecule has 0 unspecified atom stereocenters. The number of rotatable bonds is 6. The van der Waals surface area contributed by atoms with E-state index >= 15 is 0 Å². The van der Waals surface area contributed by atoms with Crippen molar-refractivity contribution < 1.29 is 4.42 Å². The van der Waals surface area contributed by atoms with Gasteiger partial charge in [-0.05, 0) is 13.0 Å². The van der Waals surface area contributed by atoms with Crippen molar-refractivity contribution in [2.45, 2.75) is 33.2 Å². The Kier molecular flexibility index (Phi) is 4.39. The van der Waals surface area contributed by atoms with Gasteiger partial charge in [0.15, 0.2) is 0 Å². The first-order chi connectivity index (χ1) is 9.19. The molecule has 19 heavy (non-hydrogen) atoms. The van der Waals surface area contributed by atoms with Gasteiger partial charge in [-0.3, -0.25) is 0 Å². The fraction of sp³-hybridized carbons (Fsp3) is 0.429. The number of aromatic nitrogens is 2. The third-order valence-electron chi connectivity index (χ3n) is 2.67. The zero-order chi connectivity index (χ0) is 13.7. The van der Waals surface area contributed by atoms with Gasteiger partial charge in [-0.25, -0.2) is 9.97 Å². The third-order valence-corrected chi connectivity index (χ3v) is 2.67. The Balaban J connectivity index is 2.13. The highest BCUT2D eigenvalue weighted by molar-refractivity contribution is 5.48. The van der Waals surface area contributed by atoms with Crippen LogP contribution in [-0.4, -0.2) is 16.5 Å². The summed E-state index contributed by atoms with van der Waals surface area (Å²) in [6.45, 7) is 7.76. The van der Waals surface area contributed by atoms with Gasteiger partial charge >= 0.3 is 0 Å². The molecule has 0 fully saturated rings. The van der Waals surface area contributed by atoms with Crippen molar-refractivity contribution in [1.29, 1.82) is 0 Å². The zero-order valence-electron chi connectivity index (χ0n) is 11.6. The second-order valence-corrected chi connectivity index (χ2v) is 4.67. The van der Waals surface area contributed by atoms with E-state index in [-0.39, 0.29) is 0 Å². The van der Waals surface area contributed by atoms with E-state index in [1.54, 1.807) is 12.5 Å². The third kappa shape index (κ3) is 3.71. The molecule has 102 valence electrons. The summed E-state index contributed by atoms with van der Waals surface area (Å²) in [5.74, 6) is 2.83. The first-order valence-electron chi connectivity index (χ1n) is 6.57. The molecule has 0 saturated carbocycles. The predicted octanol–water partition coefficient (Wildman–Crippen LogP) is 3.24. The molecule has 0 bridgehead atoms. The lowest BCUT2D eigenvalue weighted by atomic mass is 10.2. The Morgan fingerprint density at radius 2 is 1.95 bits per heavy atom. The number of nitrogens with zero attached hydrogens (tertiary/aromatic N) is 2. The second-order valence-electron chi connectivity index (χ2n) is 4.67. The summed E-state index contributed by atoms with van der Waals surface area (Å²) in [6.07, 6.45) is 3.39. The molecule has 5 heteroatoms. The number of hydrogen-bond donors (Lipinski definition) is 2. The molecule has 0 radical (unpaired) electrons. The van der Waals surface area contributed by atoms with E-state index in [1.807, 2.05) is 12.1 Å². The average Bonchev–Trinajstić information content (AvgIpc) is 2.89. The highest BCUT2D eigenvalue weighted by Gasteiger charge is 2.07. The van der Waals surface area contributed by atoms with Gasteiger partial charge in [0.05, 0.1) is 12.5 Å². The molecule has 0 aliphatic heterocycles. The van der Waals surface area contributed by atoms with E-state index in [9.17, 15) is 0 Å². The van der Waals surface area contributed by atoms with Crippen molar-refractivity contribution in [2.24, 2.45) is 0 Å². The van der Waals surface area contributed by atoms with Crippen molar-refractivity contribution in [1.82, 2.24) is 9.97 Å². The van der Waals surface area contributed by atoms with E-state index in [4.69, 9.17) is 4.42 Å². The smallest absolute Gasteiger partial charge is 0.135 e. The van der Waals surface area contributed by atoms with Crippen LogP contribution in [0.5, 0.6) is 0 Å². The van der Waals surface area contributed by atoms with Crippen LogP contribution < -0.4 is 10.6 Å². The van der Waals surface area contributed by atoms with Crippen LogP contribution in [-0.2, 0) is 6.54 Å². The molecule has 2 aromatic rings. The van der Waals surface area contributed by atoms with Gasteiger partial charge in [0, 0.05) is 30.6 Å². The standard InChI is InChI=1S/C14H20N4O/c1-4-15-12-7-13(18-14(17-12)10(2)3)16-8-11-5-6-19-9-11/h5-7,9-10H,4,8H2,1-3H3,(H2,15,16,17,18). The van der Waals surface area contributed by atoms with Crippen LogP contribution in [0, 0.1) is 0 Å². The molecule has 2 aromatic heterocycles. The Bertz CT molecular complexity index is 508. The van der Waals surface area contributed by atoms with E-state index in [1.165, 1.54) is 0 Å². The average molecular weight is 260 g/mol. The molecule has 2 heterocycles. The largest absolute Gasteiger partial charge is 0.472 e. The van der Waals surface area contributed by atoms with Crippen molar-refractivity contribution in [3.63, 3.8) is 0 Å². The van der Waals surface area contributed by atoms with Gasteiger partial charge in [-0.15, -0.1) is 0 Å². The topological polar surface area (TPSA) is 63.0 Å². The highest BCUT2D eigenvalue weighted by atomic mass is 16.3. The maximum atomic E-state index is 5.04. The van der Waals surface area contributed by atoms with E-state index in [0.29, 0.717) is 12.5 Å². The predicted molar refractivity (Wildman–Crippen MR) is 76.3 cm³/mol. The minimum Gasteiger partial charge on any atom is -0.472 e. The van der Waals surface area contributed by atoms with Crippen LogP contribution in [0.4, 0.5) is 11.6 Å². The normalized spacial score (nSPS) is 10.7. The molecule has 0 aliphatic carbocycles. The molecule has 0 saturated heterocycles. The Labute approximate surface area is 113 Å². The maximum absolute atomic E-state index is 5.04. The summed E-state index contributed by atoms with van der Waals surface area (Å²) in [5, 5.41) is 6.52. The maximum Gasteiger partial charge on any atom is 0.135 e. The molecule has 5 nitrogen and oxygen atoms in total. The summed E-state index contributed by atoms with van der Waals surface area (Å²) in [7, 11) is 0. The van der Waals surface area contributed by atoms with E-state index < -0.39 is 0 Å². The van der Waals surface area contributed by atoms with E-state index in [2.05, 4.69) is 41.4 Å². The molecule has 0 spiro atoms. The number of furan rings is 1. The van der Waals surface area contributed by atoms with Crippen LogP contribution in [0.2, 0.25) is 0 Å². The summed E-state index contributed by atoms with van der Waals surface area (Å²) in [4.78, 5) is 9.01. The summed E-state index contributed by atoms with van der Waals surface area (Å²) < 4.78 is 5.04. The van der Waals surface area contributed by atoms with Crippen LogP contribution in [0.3, 0.4) is 0 Å². The number of nitrogens with one attached hydrogen (secondary N) is 2. The number of hydrogen-bond acceptors (Lipinski definition) is 5. The van der Waals surface area contributed by atoms with Crippen molar-refractivity contribution in [3.05, 3.63) is 36.0 Å². The zero-order valence-corrected chi connectivity index (χ0v) is 11.6. The monoisotopic (exact) mass is 260 g/mol. The Morgan fingerprint density at radius 3 is 2.53 bits per heavy atom.